The fraction of sp³-hybridized carbons (Fsp3) is 0.611. The second-order valence-electron chi connectivity index (χ2n) is 6.50. The Balaban J connectivity index is 1.77. The molecule has 21 heavy (non-hydrogen) atoms. The number of hydrogen-bond donors (Lipinski definition) is 1. The first kappa shape index (κ1) is 14.6. The van der Waals surface area contributed by atoms with Crippen molar-refractivity contribution in [3.05, 3.63) is 35.4 Å². The Bertz CT molecular complexity index is 470. The summed E-state index contributed by atoms with van der Waals surface area (Å²) in [4.78, 5) is 13.7. The van der Waals surface area contributed by atoms with E-state index in [1.54, 1.807) is 0 Å². The molecule has 3 heteroatoms. The molecule has 3 rings (SSSR count). The second kappa shape index (κ2) is 6.61. The number of likely N-dealkylation sites (tertiary alicyclic amines) is 1. The number of carboxylic acids is 1. The maximum atomic E-state index is 11.3. The minimum absolute atomic E-state index is 0.0360. The minimum atomic E-state index is -0.699. The largest absolute Gasteiger partial charge is 0.481 e. The molecular weight excluding hydrogens is 262 g/mol. The van der Waals surface area contributed by atoms with Crippen molar-refractivity contribution in [3.8, 4) is 0 Å². The van der Waals surface area contributed by atoms with Crippen molar-refractivity contribution in [2.45, 2.75) is 56.9 Å². The summed E-state index contributed by atoms with van der Waals surface area (Å²) in [5.74, 6) is 0.0608. The summed E-state index contributed by atoms with van der Waals surface area (Å²) in [6.45, 7) is 2.06. The SMILES string of the molecule is O=C(O)CC(c1ccc(C2CC2)cc1)N1CCCCCC1. The Morgan fingerprint density at radius 3 is 2.24 bits per heavy atom. The molecule has 1 N–H and O–H groups in total. The minimum Gasteiger partial charge on any atom is -0.481 e. The fourth-order valence-corrected chi connectivity index (χ4v) is 3.44. The van der Waals surface area contributed by atoms with E-state index in [-0.39, 0.29) is 12.5 Å². The van der Waals surface area contributed by atoms with Crippen molar-refractivity contribution in [1.82, 2.24) is 4.90 Å². The molecule has 1 saturated heterocycles. The molecule has 0 radical (unpaired) electrons. The second-order valence-corrected chi connectivity index (χ2v) is 6.50. The van der Waals surface area contributed by atoms with E-state index >= 15 is 0 Å². The average Bonchev–Trinajstić information content (AvgIpc) is 3.31. The lowest BCUT2D eigenvalue weighted by Crippen LogP contribution is -2.31. The lowest BCUT2D eigenvalue weighted by molar-refractivity contribution is -0.138. The van der Waals surface area contributed by atoms with E-state index in [2.05, 4.69) is 29.2 Å². The summed E-state index contributed by atoms with van der Waals surface area (Å²) >= 11 is 0. The number of rotatable bonds is 5. The van der Waals surface area contributed by atoms with Gasteiger partial charge in [-0.15, -0.1) is 0 Å². The van der Waals surface area contributed by atoms with Crippen molar-refractivity contribution in [2.75, 3.05) is 13.1 Å². The molecule has 3 nitrogen and oxygen atoms in total. The van der Waals surface area contributed by atoms with Gasteiger partial charge in [-0.2, -0.15) is 0 Å². The number of aliphatic carboxylic acids is 1. The van der Waals surface area contributed by atoms with Crippen LogP contribution in [0.25, 0.3) is 0 Å². The normalized spacial score (nSPS) is 21.7. The molecule has 1 atom stereocenters. The maximum absolute atomic E-state index is 11.3. The van der Waals surface area contributed by atoms with Crippen LogP contribution in [0, 0.1) is 0 Å². The number of carboxylic acid groups (broad SMARTS) is 1. The monoisotopic (exact) mass is 287 g/mol. The van der Waals surface area contributed by atoms with Gasteiger partial charge in [-0.05, 0) is 55.8 Å². The third-order valence-corrected chi connectivity index (χ3v) is 4.82. The van der Waals surface area contributed by atoms with Crippen LogP contribution in [0.3, 0.4) is 0 Å². The van der Waals surface area contributed by atoms with E-state index < -0.39 is 5.97 Å². The van der Waals surface area contributed by atoms with Gasteiger partial charge in [-0.1, -0.05) is 37.1 Å². The van der Waals surface area contributed by atoms with Gasteiger partial charge in [0.05, 0.1) is 6.42 Å². The van der Waals surface area contributed by atoms with E-state index in [0.717, 1.165) is 19.0 Å². The highest BCUT2D eigenvalue weighted by atomic mass is 16.4. The van der Waals surface area contributed by atoms with Crippen LogP contribution < -0.4 is 0 Å². The Kier molecular flexibility index (Phi) is 4.59. The van der Waals surface area contributed by atoms with Crippen LogP contribution in [0.5, 0.6) is 0 Å². The van der Waals surface area contributed by atoms with E-state index in [9.17, 15) is 9.90 Å². The molecule has 0 amide bonds. The van der Waals surface area contributed by atoms with Gasteiger partial charge in [-0.25, -0.2) is 0 Å². The smallest absolute Gasteiger partial charge is 0.305 e. The van der Waals surface area contributed by atoms with Gasteiger partial charge >= 0.3 is 5.97 Å². The van der Waals surface area contributed by atoms with Crippen molar-refractivity contribution < 1.29 is 9.90 Å². The van der Waals surface area contributed by atoms with Crippen molar-refractivity contribution >= 4 is 5.97 Å². The van der Waals surface area contributed by atoms with Gasteiger partial charge in [0.25, 0.3) is 0 Å². The Hall–Kier alpha value is -1.35. The first-order chi connectivity index (χ1) is 10.2. The topological polar surface area (TPSA) is 40.5 Å². The van der Waals surface area contributed by atoms with E-state index in [1.807, 2.05) is 0 Å². The number of nitrogens with zero attached hydrogens (tertiary/aromatic N) is 1. The summed E-state index contributed by atoms with van der Waals surface area (Å²) in [6.07, 6.45) is 7.76. The maximum Gasteiger partial charge on any atom is 0.305 e. The third kappa shape index (κ3) is 3.85. The van der Waals surface area contributed by atoms with Crippen LogP contribution >= 0.6 is 0 Å². The van der Waals surface area contributed by atoms with Gasteiger partial charge in [0, 0.05) is 6.04 Å². The van der Waals surface area contributed by atoms with Crippen molar-refractivity contribution in [1.29, 1.82) is 0 Å². The molecule has 0 spiro atoms. The van der Waals surface area contributed by atoms with Crippen LogP contribution in [0.15, 0.2) is 24.3 Å². The molecule has 1 saturated carbocycles. The first-order valence-corrected chi connectivity index (χ1v) is 8.30. The molecular formula is C18H25NO2. The van der Waals surface area contributed by atoms with E-state index in [0.29, 0.717) is 0 Å². The van der Waals surface area contributed by atoms with Crippen LogP contribution in [0.2, 0.25) is 0 Å². The first-order valence-electron chi connectivity index (χ1n) is 8.30. The molecule has 0 bridgehead atoms. The van der Waals surface area contributed by atoms with E-state index in [4.69, 9.17) is 0 Å². The molecule has 1 heterocycles. The molecule has 114 valence electrons. The molecule has 2 aliphatic rings. The van der Waals surface area contributed by atoms with Gasteiger partial charge in [-0.3, -0.25) is 9.69 Å². The van der Waals surface area contributed by atoms with Crippen LogP contribution in [-0.4, -0.2) is 29.1 Å². The quantitative estimate of drug-likeness (QED) is 0.891. The van der Waals surface area contributed by atoms with Gasteiger partial charge in [0.1, 0.15) is 0 Å². The third-order valence-electron chi connectivity index (χ3n) is 4.82. The highest BCUT2D eigenvalue weighted by Gasteiger charge is 2.26. The standard InChI is InChI=1S/C18H25NO2/c20-18(21)13-17(19-11-3-1-2-4-12-19)16-9-7-15(8-10-16)14-5-6-14/h7-10,14,17H,1-6,11-13H2,(H,20,21). The van der Waals surface area contributed by atoms with Gasteiger partial charge < -0.3 is 5.11 Å². The summed E-state index contributed by atoms with van der Waals surface area (Å²) in [6, 6.07) is 8.77. The Labute approximate surface area is 127 Å². The Morgan fingerprint density at radius 1 is 1.10 bits per heavy atom. The summed E-state index contributed by atoms with van der Waals surface area (Å²) in [5, 5.41) is 9.27. The average molecular weight is 287 g/mol. The van der Waals surface area contributed by atoms with Crippen molar-refractivity contribution in [2.24, 2.45) is 0 Å². The number of benzene rings is 1. The summed E-state index contributed by atoms with van der Waals surface area (Å²) < 4.78 is 0. The number of carbonyl (C=O) groups is 1. The molecule has 1 aromatic rings. The predicted molar refractivity (Wildman–Crippen MR) is 83.5 cm³/mol. The van der Waals surface area contributed by atoms with Crippen molar-refractivity contribution in [3.63, 3.8) is 0 Å². The molecule has 1 aromatic carbocycles. The predicted octanol–water partition coefficient (Wildman–Crippen LogP) is 3.96. The molecule has 1 aliphatic carbocycles. The lowest BCUT2D eigenvalue weighted by atomic mass is 9.99. The molecule has 2 fully saturated rings. The molecule has 0 aromatic heterocycles. The highest BCUT2D eigenvalue weighted by molar-refractivity contribution is 5.68. The van der Waals surface area contributed by atoms with Crippen LogP contribution in [0.4, 0.5) is 0 Å². The van der Waals surface area contributed by atoms with Gasteiger partial charge in [0.15, 0.2) is 0 Å². The Morgan fingerprint density at radius 2 is 1.71 bits per heavy atom. The highest BCUT2D eigenvalue weighted by Crippen LogP contribution is 2.40. The van der Waals surface area contributed by atoms with Crippen LogP contribution in [0.1, 0.15) is 68.0 Å². The van der Waals surface area contributed by atoms with Gasteiger partial charge in [0.2, 0.25) is 0 Å². The zero-order valence-corrected chi connectivity index (χ0v) is 12.6. The lowest BCUT2D eigenvalue weighted by Gasteiger charge is -2.30. The van der Waals surface area contributed by atoms with E-state index in [1.165, 1.54) is 49.7 Å². The molecule has 1 aliphatic heterocycles. The molecule has 1 unspecified atom stereocenters. The summed E-state index contributed by atoms with van der Waals surface area (Å²) in [5.41, 5.74) is 2.59. The zero-order chi connectivity index (χ0) is 14.7. The fourth-order valence-electron chi connectivity index (χ4n) is 3.44. The number of hydrogen-bond acceptors (Lipinski definition) is 2. The summed E-state index contributed by atoms with van der Waals surface area (Å²) in [7, 11) is 0. The zero-order valence-electron chi connectivity index (χ0n) is 12.6. The van der Waals surface area contributed by atoms with Crippen LogP contribution in [-0.2, 0) is 4.79 Å².